The summed E-state index contributed by atoms with van der Waals surface area (Å²) >= 11 is 0. The number of likely N-dealkylation sites (N-methyl/N-ethyl adjacent to an activating group) is 1. The molecule has 2 atom stereocenters. The Labute approximate surface area is 151 Å². The van der Waals surface area contributed by atoms with Gasteiger partial charge in [-0.05, 0) is 31.9 Å². The Morgan fingerprint density at radius 1 is 1.36 bits per heavy atom. The number of hydrogen-bond acceptors (Lipinski definition) is 4. The van der Waals surface area contributed by atoms with Gasteiger partial charge in [0, 0.05) is 25.7 Å². The van der Waals surface area contributed by atoms with E-state index in [0.29, 0.717) is 19.5 Å². The highest BCUT2D eigenvalue weighted by Gasteiger charge is 2.36. The molecule has 0 aliphatic carbocycles. The van der Waals surface area contributed by atoms with Crippen LogP contribution in [0.15, 0.2) is 30.3 Å². The first-order valence-electron chi connectivity index (χ1n) is 8.87. The Morgan fingerprint density at radius 3 is 2.64 bits per heavy atom. The molecule has 1 aromatic carbocycles. The minimum absolute atomic E-state index is 0.260. The highest BCUT2D eigenvalue weighted by atomic mass is 32.2. The number of likely N-dealkylation sites (tertiary alicyclic amines) is 1. The molecule has 0 spiro atoms. The van der Waals surface area contributed by atoms with Gasteiger partial charge in [0.15, 0.2) is 5.25 Å². The number of rotatable bonds is 8. The molecule has 2 rings (SSSR count). The van der Waals surface area contributed by atoms with E-state index in [0.717, 1.165) is 19.4 Å². The number of carbonyl (C=O) groups excluding carboxylic acids is 1. The van der Waals surface area contributed by atoms with Gasteiger partial charge in [-0.1, -0.05) is 43.7 Å². The number of benzene rings is 1. The molecule has 25 heavy (non-hydrogen) atoms. The van der Waals surface area contributed by atoms with E-state index in [2.05, 4.69) is 24.1 Å². The molecular weight excluding hydrogens is 338 g/mol. The van der Waals surface area contributed by atoms with E-state index in [1.165, 1.54) is 5.56 Å². The molecule has 1 aliphatic heterocycles. The van der Waals surface area contributed by atoms with Crippen LogP contribution in [0, 0.1) is 0 Å². The van der Waals surface area contributed by atoms with Crippen LogP contribution in [0.25, 0.3) is 0 Å². The number of carbonyl (C=O) groups is 1. The summed E-state index contributed by atoms with van der Waals surface area (Å²) in [5.74, 6) is -0.344. The highest BCUT2D eigenvalue weighted by molar-refractivity contribution is 7.90. The van der Waals surface area contributed by atoms with E-state index < -0.39 is 15.3 Å². The average molecular weight is 368 g/mol. The summed E-state index contributed by atoms with van der Waals surface area (Å²) in [6.07, 6.45) is 2.71. The fourth-order valence-electron chi connectivity index (χ4n) is 3.33. The van der Waals surface area contributed by atoms with Crippen LogP contribution in [0.3, 0.4) is 0 Å². The predicted molar refractivity (Wildman–Crippen MR) is 99.6 cm³/mol. The number of sulfonamides is 1. The smallest absolute Gasteiger partial charge is 0.242 e. The molecule has 2 unspecified atom stereocenters. The van der Waals surface area contributed by atoms with Crippen LogP contribution in [-0.2, 0) is 21.2 Å². The summed E-state index contributed by atoms with van der Waals surface area (Å²) in [5.41, 5.74) is 1.29. The van der Waals surface area contributed by atoms with E-state index in [4.69, 9.17) is 5.14 Å². The molecule has 0 saturated carbocycles. The van der Waals surface area contributed by atoms with Gasteiger partial charge < -0.3 is 9.80 Å². The van der Waals surface area contributed by atoms with Gasteiger partial charge in [0.25, 0.3) is 0 Å². The van der Waals surface area contributed by atoms with Gasteiger partial charge in [0.2, 0.25) is 15.9 Å². The quantitative estimate of drug-likeness (QED) is 0.749. The lowest BCUT2D eigenvalue weighted by Gasteiger charge is -2.26. The van der Waals surface area contributed by atoms with Crippen molar-refractivity contribution in [3.8, 4) is 0 Å². The Bertz CT molecular complexity index is 663. The molecule has 140 valence electrons. The molecule has 6 nitrogen and oxygen atoms in total. The van der Waals surface area contributed by atoms with Crippen LogP contribution in [0.1, 0.15) is 31.7 Å². The minimum Gasteiger partial charge on any atom is -0.340 e. The van der Waals surface area contributed by atoms with Crippen molar-refractivity contribution in [1.82, 2.24) is 9.80 Å². The molecular formula is C18H29N3O3S. The fraction of sp³-hybridized carbons (Fsp3) is 0.611. The van der Waals surface area contributed by atoms with Crippen molar-refractivity contribution in [2.45, 2.75) is 43.9 Å². The molecule has 1 aromatic rings. The summed E-state index contributed by atoms with van der Waals surface area (Å²) < 4.78 is 23.4. The van der Waals surface area contributed by atoms with Crippen LogP contribution in [-0.4, -0.2) is 62.1 Å². The third-order valence-electron chi connectivity index (χ3n) is 4.92. The zero-order valence-corrected chi connectivity index (χ0v) is 15.9. The van der Waals surface area contributed by atoms with Gasteiger partial charge in [-0.2, -0.15) is 0 Å². The van der Waals surface area contributed by atoms with Crippen molar-refractivity contribution in [2.24, 2.45) is 5.14 Å². The third-order valence-corrected chi connectivity index (χ3v) is 6.15. The summed E-state index contributed by atoms with van der Waals surface area (Å²) in [4.78, 5) is 16.5. The first-order chi connectivity index (χ1) is 11.8. The molecule has 0 radical (unpaired) electrons. The third kappa shape index (κ3) is 5.52. The Hall–Kier alpha value is -1.44. The Kier molecular flexibility index (Phi) is 6.98. The average Bonchev–Trinajstić information content (AvgIpc) is 3.07. The number of nitrogens with two attached hydrogens (primary N) is 1. The van der Waals surface area contributed by atoms with E-state index in [-0.39, 0.29) is 18.4 Å². The van der Waals surface area contributed by atoms with Crippen molar-refractivity contribution in [1.29, 1.82) is 0 Å². The van der Waals surface area contributed by atoms with Crippen molar-refractivity contribution < 1.29 is 13.2 Å². The van der Waals surface area contributed by atoms with E-state index in [1.54, 1.807) is 4.90 Å². The van der Waals surface area contributed by atoms with Crippen molar-refractivity contribution in [3.63, 3.8) is 0 Å². The number of primary sulfonamides is 1. The molecule has 0 aromatic heterocycles. The van der Waals surface area contributed by atoms with E-state index in [1.807, 2.05) is 25.1 Å². The number of hydrogen-bond donors (Lipinski definition) is 1. The highest BCUT2D eigenvalue weighted by Crippen LogP contribution is 2.19. The molecule has 1 heterocycles. The van der Waals surface area contributed by atoms with Gasteiger partial charge in [-0.25, -0.2) is 13.6 Å². The molecule has 2 N–H and O–H groups in total. The molecule has 1 amide bonds. The minimum atomic E-state index is -3.85. The Morgan fingerprint density at radius 2 is 2.04 bits per heavy atom. The monoisotopic (exact) mass is 367 g/mol. The van der Waals surface area contributed by atoms with Crippen molar-refractivity contribution >= 4 is 15.9 Å². The predicted octanol–water partition coefficient (Wildman–Crippen LogP) is 1.22. The fourth-order valence-corrected chi connectivity index (χ4v) is 4.32. The lowest BCUT2D eigenvalue weighted by atomic mass is 10.1. The summed E-state index contributed by atoms with van der Waals surface area (Å²) in [6, 6.07) is 10.6. The van der Waals surface area contributed by atoms with Crippen LogP contribution >= 0.6 is 0 Å². The zero-order valence-electron chi connectivity index (χ0n) is 15.1. The van der Waals surface area contributed by atoms with Gasteiger partial charge in [0.1, 0.15) is 0 Å². The summed E-state index contributed by atoms with van der Waals surface area (Å²) in [5, 5.41) is 4.15. The summed E-state index contributed by atoms with van der Waals surface area (Å²) in [6.45, 7) is 3.93. The Balaban J connectivity index is 1.90. The number of nitrogens with zero attached hydrogens (tertiary/aromatic N) is 2. The van der Waals surface area contributed by atoms with Gasteiger partial charge in [0.05, 0.1) is 0 Å². The van der Waals surface area contributed by atoms with Gasteiger partial charge in [-0.3, -0.25) is 4.79 Å². The molecule has 1 fully saturated rings. The normalized spacial score (nSPS) is 19.4. The van der Waals surface area contributed by atoms with Crippen LogP contribution in [0.4, 0.5) is 0 Å². The van der Waals surface area contributed by atoms with E-state index >= 15 is 0 Å². The molecule has 7 heteroatoms. The zero-order chi connectivity index (χ0) is 18.4. The molecule has 1 aliphatic rings. The lowest BCUT2D eigenvalue weighted by molar-refractivity contribution is -0.130. The second kappa shape index (κ2) is 8.78. The summed E-state index contributed by atoms with van der Waals surface area (Å²) in [7, 11) is -1.79. The second-order valence-electron chi connectivity index (χ2n) is 6.81. The maximum Gasteiger partial charge on any atom is 0.242 e. The largest absolute Gasteiger partial charge is 0.340 e. The number of amides is 1. The SMILES string of the molecule is CCCC(C(=O)N1CCC(N(C)CCc2ccccc2)C1)S(N)(=O)=O. The van der Waals surface area contributed by atoms with Crippen molar-refractivity contribution in [2.75, 3.05) is 26.7 Å². The molecule has 0 bridgehead atoms. The first kappa shape index (κ1) is 19.9. The lowest BCUT2D eigenvalue weighted by Crippen LogP contribution is -2.45. The maximum atomic E-state index is 12.6. The standard InChI is InChI=1S/C18H29N3O3S/c1-3-7-17(25(19,23)24)18(22)21-13-11-16(14-21)20(2)12-10-15-8-5-4-6-9-15/h4-6,8-9,16-17H,3,7,10-14H2,1-2H3,(H2,19,23,24). The van der Waals surface area contributed by atoms with Crippen molar-refractivity contribution in [3.05, 3.63) is 35.9 Å². The van der Waals surface area contributed by atoms with Crippen LogP contribution < -0.4 is 5.14 Å². The topological polar surface area (TPSA) is 83.7 Å². The van der Waals surface area contributed by atoms with Crippen LogP contribution in [0.2, 0.25) is 0 Å². The first-order valence-corrected chi connectivity index (χ1v) is 10.5. The van der Waals surface area contributed by atoms with Gasteiger partial charge >= 0.3 is 0 Å². The molecule has 1 saturated heterocycles. The van der Waals surface area contributed by atoms with Gasteiger partial charge in [-0.15, -0.1) is 0 Å². The maximum absolute atomic E-state index is 12.6. The van der Waals surface area contributed by atoms with E-state index in [9.17, 15) is 13.2 Å². The van der Waals surface area contributed by atoms with Crippen LogP contribution in [0.5, 0.6) is 0 Å². The second-order valence-corrected chi connectivity index (χ2v) is 8.56.